The standard InChI is InChI=1S/C21H25N5O5S/c1-11(2)17-23-18-16(20(28)26(4)21(29)25(18)3)19(24-17)32-10-15(27)22-13-9-12(30-5)7-8-14(13)31-6/h7-9,11H,10H2,1-6H3,(H,22,27). The van der Waals surface area contributed by atoms with E-state index in [0.717, 1.165) is 16.3 Å². The van der Waals surface area contributed by atoms with Crippen LogP contribution in [0.5, 0.6) is 11.5 Å². The van der Waals surface area contributed by atoms with Crippen molar-refractivity contribution in [3.8, 4) is 11.5 Å². The van der Waals surface area contributed by atoms with Crippen LogP contribution in [-0.2, 0) is 18.9 Å². The van der Waals surface area contributed by atoms with Crippen LogP contribution < -0.4 is 26.0 Å². The normalized spacial score (nSPS) is 11.1. The molecule has 1 amide bonds. The lowest BCUT2D eigenvalue weighted by atomic mass is 10.2. The summed E-state index contributed by atoms with van der Waals surface area (Å²) < 4.78 is 12.8. The number of fused-ring (bicyclic) bond motifs is 1. The van der Waals surface area contributed by atoms with E-state index >= 15 is 0 Å². The van der Waals surface area contributed by atoms with Crippen molar-refractivity contribution >= 4 is 34.4 Å². The van der Waals surface area contributed by atoms with E-state index in [-0.39, 0.29) is 28.6 Å². The fraction of sp³-hybridized carbons (Fsp3) is 0.381. The summed E-state index contributed by atoms with van der Waals surface area (Å²) in [6, 6.07) is 5.08. The van der Waals surface area contributed by atoms with Gasteiger partial charge in [0.1, 0.15) is 27.7 Å². The fourth-order valence-corrected chi connectivity index (χ4v) is 3.86. The number of nitrogens with one attached hydrogen (secondary N) is 1. The molecular formula is C21H25N5O5S. The molecule has 1 aromatic carbocycles. The van der Waals surface area contributed by atoms with Crippen molar-refractivity contribution < 1.29 is 14.3 Å². The van der Waals surface area contributed by atoms with Crippen LogP contribution in [0.3, 0.4) is 0 Å². The second-order valence-electron chi connectivity index (χ2n) is 7.35. The second-order valence-corrected chi connectivity index (χ2v) is 8.31. The average Bonchev–Trinajstić information content (AvgIpc) is 2.79. The molecule has 0 fully saturated rings. The van der Waals surface area contributed by atoms with E-state index in [9.17, 15) is 14.4 Å². The Bertz CT molecular complexity index is 1300. The van der Waals surface area contributed by atoms with Gasteiger partial charge < -0.3 is 14.8 Å². The highest BCUT2D eigenvalue weighted by Crippen LogP contribution is 2.30. The molecule has 0 unspecified atom stereocenters. The number of rotatable bonds is 7. The lowest BCUT2D eigenvalue weighted by molar-refractivity contribution is -0.113. The maximum absolute atomic E-state index is 12.8. The molecule has 0 aliphatic heterocycles. The van der Waals surface area contributed by atoms with Crippen LogP contribution in [0.4, 0.5) is 5.69 Å². The number of methoxy groups -OCH3 is 2. The highest BCUT2D eigenvalue weighted by molar-refractivity contribution is 8.00. The van der Waals surface area contributed by atoms with Gasteiger partial charge in [-0.3, -0.25) is 18.7 Å². The van der Waals surface area contributed by atoms with Gasteiger partial charge in [-0.25, -0.2) is 14.8 Å². The van der Waals surface area contributed by atoms with Crippen LogP contribution >= 0.6 is 11.8 Å². The van der Waals surface area contributed by atoms with Gasteiger partial charge in [0.2, 0.25) is 5.91 Å². The van der Waals surface area contributed by atoms with Gasteiger partial charge in [-0.15, -0.1) is 0 Å². The number of carbonyl (C=O) groups excluding carboxylic acids is 1. The molecular weight excluding hydrogens is 434 g/mol. The Labute approximate surface area is 188 Å². The molecule has 0 saturated heterocycles. The zero-order valence-electron chi connectivity index (χ0n) is 18.8. The first-order chi connectivity index (χ1) is 15.2. The van der Waals surface area contributed by atoms with Gasteiger partial charge in [0.05, 0.1) is 25.7 Å². The number of aryl methyl sites for hydroxylation is 1. The van der Waals surface area contributed by atoms with Gasteiger partial charge in [-0.05, 0) is 12.1 Å². The van der Waals surface area contributed by atoms with Crippen LogP contribution in [0.15, 0.2) is 32.8 Å². The topological polar surface area (TPSA) is 117 Å². The van der Waals surface area contributed by atoms with Crippen molar-refractivity contribution in [3.63, 3.8) is 0 Å². The summed E-state index contributed by atoms with van der Waals surface area (Å²) in [6.07, 6.45) is 0. The predicted molar refractivity (Wildman–Crippen MR) is 123 cm³/mol. The number of hydrogen-bond acceptors (Lipinski definition) is 8. The Hall–Kier alpha value is -3.34. The molecule has 1 N–H and O–H groups in total. The summed E-state index contributed by atoms with van der Waals surface area (Å²) in [5.41, 5.74) is -0.272. The largest absolute Gasteiger partial charge is 0.497 e. The molecule has 2 aromatic heterocycles. The van der Waals surface area contributed by atoms with Gasteiger partial charge in [0, 0.05) is 26.1 Å². The lowest BCUT2D eigenvalue weighted by Gasteiger charge is -2.14. The Balaban J connectivity index is 1.96. The van der Waals surface area contributed by atoms with E-state index in [1.165, 1.54) is 25.8 Å². The Kier molecular flexibility index (Phi) is 6.87. The van der Waals surface area contributed by atoms with Crippen LogP contribution in [0.25, 0.3) is 11.0 Å². The molecule has 10 nitrogen and oxygen atoms in total. The van der Waals surface area contributed by atoms with Gasteiger partial charge in [-0.2, -0.15) is 0 Å². The third-order valence-electron chi connectivity index (χ3n) is 4.82. The van der Waals surface area contributed by atoms with Gasteiger partial charge in [0.15, 0.2) is 5.65 Å². The summed E-state index contributed by atoms with van der Waals surface area (Å²) in [5.74, 6) is 1.17. The van der Waals surface area contributed by atoms with E-state index in [2.05, 4.69) is 15.3 Å². The maximum atomic E-state index is 12.8. The zero-order valence-corrected chi connectivity index (χ0v) is 19.6. The summed E-state index contributed by atoms with van der Waals surface area (Å²) in [5, 5.41) is 3.35. The molecule has 0 spiro atoms. The minimum absolute atomic E-state index is 0.0178. The summed E-state index contributed by atoms with van der Waals surface area (Å²) >= 11 is 1.11. The number of hydrogen-bond donors (Lipinski definition) is 1. The molecule has 0 aliphatic carbocycles. The Morgan fingerprint density at radius 1 is 1.12 bits per heavy atom. The number of carbonyl (C=O) groups is 1. The molecule has 2 heterocycles. The van der Waals surface area contributed by atoms with Crippen molar-refractivity contribution in [2.45, 2.75) is 24.8 Å². The first kappa shape index (κ1) is 23.3. The van der Waals surface area contributed by atoms with E-state index < -0.39 is 11.2 Å². The van der Waals surface area contributed by atoms with E-state index in [1.807, 2.05) is 13.8 Å². The van der Waals surface area contributed by atoms with Crippen LogP contribution in [0.2, 0.25) is 0 Å². The third-order valence-corrected chi connectivity index (χ3v) is 5.80. The zero-order chi connectivity index (χ0) is 23.6. The van der Waals surface area contributed by atoms with Gasteiger partial charge in [-0.1, -0.05) is 25.6 Å². The molecule has 170 valence electrons. The fourth-order valence-electron chi connectivity index (χ4n) is 3.04. The molecule has 11 heteroatoms. The van der Waals surface area contributed by atoms with E-state index in [0.29, 0.717) is 28.0 Å². The predicted octanol–water partition coefficient (Wildman–Crippen LogP) is 1.90. The molecule has 0 atom stereocenters. The Morgan fingerprint density at radius 2 is 1.84 bits per heavy atom. The van der Waals surface area contributed by atoms with Crippen molar-refractivity contribution in [1.82, 2.24) is 19.1 Å². The minimum Gasteiger partial charge on any atom is -0.497 e. The first-order valence-corrected chi connectivity index (χ1v) is 10.8. The number of thioether (sulfide) groups is 1. The van der Waals surface area contributed by atoms with Gasteiger partial charge >= 0.3 is 5.69 Å². The quantitative estimate of drug-likeness (QED) is 0.421. The second kappa shape index (κ2) is 9.43. The lowest BCUT2D eigenvalue weighted by Crippen LogP contribution is -2.38. The van der Waals surface area contributed by atoms with Crippen molar-refractivity contribution in [3.05, 3.63) is 44.9 Å². The van der Waals surface area contributed by atoms with Crippen molar-refractivity contribution in [2.24, 2.45) is 14.1 Å². The number of aromatic nitrogens is 4. The summed E-state index contributed by atoms with van der Waals surface area (Å²) in [7, 11) is 5.99. The first-order valence-electron chi connectivity index (χ1n) is 9.80. The number of amides is 1. The highest BCUT2D eigenvalue weighted by Gasteiger charge is 2.19. The van der Waals surface area contributed by atoms with Crippen LogP contribution in [0, 0.1) is 0 Å². The molecule has 3 aromatic rings. The Morgan fingerprint density at radius 3 is 2.47 bits per heavy atom. The van der Waals surface area contributed by atoms with Gasteiger partial charge in [0.25, 0.3) is 5.56 Å². The summed E-state index contributed by atoms with van der Waals surface area (Å²) in [6.45, 7) is 3.83. The smallest absolute Gasteiger partial charge is 0.332 e. The van der Waals surface area contributed by atoms with E-state index in [4.69, 9.17) is 9.47 Å². The number of ether oxygens (including phenoxy) is 2. The van der Waals surface area contributed by atoms with Crippen LogP contribution in [-0.4, -0.2) is 45.0 Å². The van der Waals surface area contributed by atoms with Crippen molar-refractivity contribution in [2.75, 3.05) is 25.3 Å². The summed E-state index contributed by atoms with van der Waals surface area (Å²) in [4.78, 5) is 46.8. The molecule has 3 rings (SSSR count). The monoisotopic (exact) mass is 459 g/mol. The van der Waals surface area contributed by atoms with Crippen LogP contribution in [0.1, 0.15) is 25.6 Å². The average molecular weight is 460 g/mol. The van der Waals surface area contributed by atoms with Crippen molar-refractivity contribution in [1.29, 1.82) is 0 Å². The highest BCUT2D eigenvalue weighted by atomic mass is 32.2. The number of benzene rings is 1. The molecule has 0 radical (unpaired) electrons. The molecule has 0 saturated carbocycles. The third kappa shape index (κ3) is 4.47. The minimum atomic E-state index is -0.504. The maximum Gasteiger partial charge on any atom is 0.332 e. The molecule has 0 bridgehead atoms. The molecule has 0 aliphatic rings. The van der Waals surface area contributed by atoms with E-state index in [1.54, 1.807) is 25.2 Å². The SMILES string of the molecule is COc1ccc(OC)c(NC(=O)CSc2nc(C(C)C)nc3c2c(=O)n(C)c(=O)n3C)c1. The number of nitrogens with zero attached hydrogens (tertiary/aromatic N) is 4. The molecule has 32 heavy (non-hydrogen) atoms. The number of anilines is 1.